The van der Waals surface area contributed by atoms with Crippen molar-refractivity contribution in [2.45, 2.75) is 19.8 Å². The number of halogens is 1. The second kappa shape index (κ2) is 7.82. The number of carbonyl (C=O) groups is 1. The van der Waals surface area contributed by atoms with Gasteiger partial charge in [-0.05, 0) is 49.2 Å². The van der Waals surface area contributed by atoms with Crippen molar-refractivity contribution < 1.29 is 19.2 Å². The van der Waals surface area contributed by atoms with Gasteiger partial charge in [0.05, 0.1) is 12.3 Å². The lowest BCUT2D eigenvalue weighted by molar-refractivity contribution is -0.116. The smallest absolute Gasteiger partial charge is 0.229 e. The van der Waals surface area contributed by atoms with E-state index in [2.05, 4.69) is 10.5 Å². The molecule has 0 saturated carbocycles. The summed E-state index contributed by atoms with van der Waals surface area (Å²) in [6, 6.07) is 6.93. The van der Waals surface area contributed by atoms with Crippen LogP contribution in [-0.2, 0) is 11.2 Å². The third-order valence-electron chi connectivity index (χ3n) is 3.04. The molecule has 0 unspecified atom stereocenters. The van der Waals surface area contributed by atoms with Gasteiger partial charge >= 0.3 is 0 Å². The first-order valence-electron chi connectivity index (χ1n) is 6.84. The van der Waals surface area contributed by atoms with E-state index in [1.54, 1.807) is 31.2 Å². The highest BCUT2D eigenvalue weighted by molar-refractivity contribution is 6.29. The van der Waals surface area contributed by atoms with Crippen molar-refractivity contribution in [1.82, 2.24) is 5.16 Å². The van der Waals surface area contributed by atoms with E-state index in [1.807, 2.05) is 0 Å². The summed E-state index contributed by atoms with van der Waals surface area (Å²) in [5.74, 6) is 0.514. The van der Waals surface area contributed by atoms with E-state index in [0.717, 1.165) is 5.56 Å². The van der Waals surface area contributed by atoms with E-state index in [9.17, 15) is 4.79 Å². The average molecular weight is 325 g/mol. The van der Waals surface area contributed by atoms with Gasteiger partial charge in [-0.3, -0.25) is 4.79 Å². The molecule has 0 aliphatic heterocycles. The van der Waals surface area contributed by atoms with Crippen LogP contribution >= 0.6 is 11.6 Å². The van der Waals surface area contributed by atoms with Gasteiger partial charge in [-0.25, -0.2) is 0 Å². The largest absolute Gasteiger partial charge is 0.491 e. The molecule has 1 aromatic heterocycles. The molecule has 2 rings (SSSR count). The lowest BCUT2D eigenvalue weighted by Gasteiger charge is -2.07. The minimum Gasteiger partial charge on any atom is -0.491 e. The predicted molar refractivity (Wildman–Crippen MR) is 82.2 cm³/mol. The Bertz CT molecular complexity index is 605. The molecule has 0 radical (unpaired) electrons. The lowest BCUT2D eigenvalue weighted by atomic mass is 10.1. The molecule has 2 N–H and O–H groups in total. The maximum absolute atomic E-state index is 11.9. The molecule has 0 atom stereocenters. The molecule has 0 bridgehead atoms. The number of ether oxygens (including phenoxy) is 1. The van der Waals surface area contributed by atoms with Crippen LogP contribution in [-0.4, -0.2) is 29.4 Å². The quantitative estimate of drug-likeness (QED) is 0.817. The van der Waals surface area contributed by atoms with Crippen molar-refractivity contribution in [2.75, 3.05) is 18.5 Å². The van der Waals surface area contributed by atoms with E-state index in [1.165, 1.54) is 0 Å². The topological polar surface area (TPSA) is 84.6 Å². The fourth-order valence-corrected chi connectivity index (χ4v) is 2.17. The number of aliphatic hydroxyl groups excluding tert-OH is 1. The first-order chi connectivity index (χ1) is 10.6. The summed E-state index contributed by atoms with van der Waals surface area (Å²) in [6.45, 7) is 1.99. The molecular formula is C15H17ClN2O4. The SMILES string of the molecule is Cc1noc(Cl)c1CCC(=O)Nc1ccc(OCCO)cc1. The van der Waals surface area contributed by atoms with Crippen molar-refractivity contribution >= 4 is 23.2 Å². The van der Waals surface area contributed by atoms with E-state index in [0.29, 0.717) is 23.6 Å². The molecule has 2 aromatic rings. The Morgan fingerprint density at radius 1 is 1.41 bits per heavy atom. The Kier molecular flexibility index (Phi) is 5.80. The van der Waals surface area contributed by atoms with Crippen molar-refractivity contribution in [3.8, 4) is 5.75 Å². The number of amides is 1. The molecule has 0 aliphatic rings. The summed E-state index contributed by atoms with van der Waals surface area (Å²) in [7, 11) is 0. The van der Waals surface area contributed by atoms with Crippen LogP contribution in [0.4, 0.5) is 5.69 Å². The van der Waals surface area contributed by atoms with Crippen molar-refractivity contribution in [1.29, 1.82) is 0 Å². The predicted octanol–water partition coefficient (Wildman–Crippen LogP) is 2.58. The third-order valence-corrected chi connectivity index (χ3v) is 3.33. The van der Waals surface area contributed by atoms with Gasteiger partial charge in [-0.15, -0.1) is 0 Å². The number of carbonyl (C=O) groups excluding carboxylic acids is 1. The number of aryl methyl sites for hydroxylation is 1. The molecule has 7 heteroatoms. The Morgan fingerprint density at radius 2 is 2.14 bits per heavy atom. The summed E-state index contributed by atoms with van der Waals surface area (Å²) < 4.78 is 10.1. The van der Waals surface area contributed by atoms with Crippen LogP contribution in [0, 0.1) is 6.92 Å². The second-order valence-electron chi connectivity index (χ2n) is 4.66. The minimum atomic E-state index is -0.124. The van der Waals surface area contributed by atoms with Crippen LogP contribution in [0.1, 0.15) is 17.7 Å². The highest BCUT2D eigenvalue weighted by Crippen LogP contribution is 2.21. The standard InChI is InChI=1S/C15H17ClN2O4/c1-10-13(15(16)22-18-10)6-7-14(20)17-11-2-4-12(5-3-11)21-9-8-19/h2-5,19H,6-9H2,1H3,(H,17,20). The number of benzene rings is 1. The van der Waals surface area contributed by atoms with Gasteiger partial charge in [-0.1, -0.05) is 5.16 Å². The number of anilines is 1. The minimum absolute atomic E-state index is 0.0384. The number of nitrogens with zero attached hydrogens (tertiary/aromatic N) is 1. The van der Waals surface area contributed by atoms with E-state index >= 15 is 0 Å². The highest BCUT2D eigenvalue weighted by Gasteiger charge is 2.12. The Hall–Kier alpha value is -2.05. The van der Waals surface area contributed by atoms with Crippen molar-refractivity contribution in [3.05, 3.63) is 40.7 Å². The first kappa shape index (κ1) is 16.3. The summed E-state index contributed by atoms with van der Waals surface area (Å²) in [4.78, 5) is 11.9. The van der Waals surface area contributed by atoms with Crippen LogP contribution in [0.3, 0.4) is 0 Å². The molecule has 1 amide bonds. The zero-order valence-corrected chi connectivity index (χ0v) is 12.9. The van der Waals surface area contributed by atoms with Gasteiger partial charge < -0.3 is 19.7 Å². The zero-order chi connectivity index (χ0) is 15.9. The summed E-state index contributed by atoms with van der Waals surface area (Å²) in [5.41, 5.74) is 2.13. The molecule has 0 spiro atoms. The molecule has 118 valence electrons. The van der Waals surface area contributed by atoms with Gasteiger partial charge in [0.2, 0.25) is 11.1 Å². The summed E-state index contributed by atoms with van der Waals surface area (Å²) in [5, 5.41) is 15.4. The number of aliphatic hydroxyl groups is 1. The number of hydrogen-bond donors (Lipinski definition) is 2. The first-order valence-corrected chi connectivity index (χ1v) is 7.22. The molecule has 0 saturated heterocycles. The van der Waals surface area contributed by atoms with Crippen molar-refractivity contribution in [2.24, 2.45) is 0 Å². The fourth-order valence-electron chi connectivity index (χ4n) is 1.90. The molecule has 0 fully saturated rings. The van der Waals surface area contributed by atoms with Crippen LogP contribution in [0.25, 0.3) is 0 Å². The number of nitrogens with one attached hydrogen (secondary N) is 1. The highest BCUT2D eigenvalue weighted by atomic mass is 35.5. The van der Waals surface area contributed by atoms with Gasteiger partial charge in [0.25, 0.3) is 0 Å². The Morgan fingerprint density at radius 3 is 2.73 bits per heavy atom. The molecule has 0 aliphatic carbocycles. The normalized spacial score (nSPS) is 10.5. The van der Waals surface area contributed by atoms with Gasteiger partial charge in [-0.2, -0.15) is 0 Å². The van der Waals surface area contributed by atoms with E-state index < -0.39 is 0 Å². The third kappa shape index (κ3) is 4.47. The fraction of sp³-hybridized carbons (Fsp3) is 0.333. The maximum Gasteiger partial charge on any atom is 0.229 e. The molecule has 22 heavy (non-hydrogen) atoms. The van der Waals surface area contributed by atoms with Crippen LogP contribution in [0.2, 0.25) is 5.22 Å². The Labute approximate surface area is 133 Å². The van der Waals surface area contributed by atoms with Crippen LogP contribution in [0.15, 0.2) is 28.8 Å². The number of rotatable bonds is 7. The molecule has 6 nitrogen and oxygen atoms in total. The maximum atomic E-state index is 11.9. The van der Waals surface area contributed by atoms with Gasteiger partial charge in [0.15, 0.2) is 0 Å². The van der Waals surface area contributed by atoms with Crippen LogP contribution in [0.5, 0.6) is 5.75 Å². The molecule has 1 aromatic carbocycles. The van der Waals surface area contributed by atoms with E-state index in [4.69, 9.17) is 26.0 Å². The average Bonchev–Trinajstić information content (AvgIpc) is 2.83. The van der Waals surface area contributed by atoms with Gasteiger partial charge in [0, 0.05) is 17.7 Å². The van der Waals surface area contributed by atoms with Crippen LogP contribution < -0.4 is 10.1 Å². The number of aromatic nitrogens is 1. The van der Waals surface area contributed by atoms with Crippen molar-refractivity contribution in [3.63, 3.8) is 0 Å². The summed E-state index contributed by atoms with van der Waals surface area (Å²) >= 11 is 5.86. The zero-order valence-electron chi connectivity index (χ0n) is 12.1. The van der Waals surface area contributed by atoms with E-state index in [-0.39, 0.29) is 30.8 Å². The monoisotopic (exact) mass is 324 g/mol. The lowest BCUT2D eigenvalue weighted by Crippen LogP contribution is -2.12. The number of hydrogen-bond acceptors (Lipinski definition) is 5. The van der Waals surface area contributed by atoms with Gasteiger partial charge in [0.1, 0.15) is 12.4 Å². The summed E-state index contributed by atoms with van der Waals surface area (Å²) in [6.07, 6.45) is 0.752. The molecule has 1 heterocycles. The Balaban J connectivity index is 1.84. The molecular weight excluding hydrogens is 308 g/mol. The second-order valence-corrected chi connectivity index (χ2v) is 5.01.